The molecule has 2 aliphatic rings. The van der Waals surface area contributed by atoms with Crippen LogP contribution in [0.25, 0.3) is 0 Å². The van der Waals surface area contributed by atoms with E-state index in [1.807, 2.05) is 7.05 Å². The Hall–Kier alpha value is -0.570. The summed E-state index contributed by atoms with van der Waals surface area (Å²) in [6, 6.07) is 0. The van der Waals surface area contributed by atoms with E-state index in [4.69, 9.17) is 4.74 Å². The van der Waals surface area contributed by atoms with Gasteiger partial charge in [-0.1, -0.05) is 32.1 Å². The third-order valence-corrected chi connectivity index (χ3v) is 4.23. The average molecular weight is 211 g/mol. The summed E-state index contributed by atoms with van der Waals surface area (Å²) in [7, 11) is 3.36. The van der Waals surface area contributed by atoms with E-state index < -0.39 is 0 Å². The number of ether oxygens (including phenoxy) is 1. The second-order valence-electron chi connectivity index (χ2n) is 4.92. The van der Waals surface area contributed by atoms with Crippen LogP contribution >= 0.6 is 0 Å². The molecule has 0 aromatic heterocycles. The smallest absolute Gasteiger partial charge is 0.326 e. The fourth-order valence-electron chi connectivity index (χ4n) is 3.20. The third-order valence-electron chi connectivity index (χ3n) is 4.23. The SMILES string of the molecule is CNC1(C(=O)OC)CC1C1CCCCC1. The van der Waals surface area contributed by atoms with Crippen LogP contribution in [0.5, 0.6) is 0 Å². The Morgan fingerprint density at radius 3 is 2.53 bits per heavy atom. The highest BCUT2D eigenvalue weighted by molar-refractivity contribution is 5.85. The van der Waals surface area contributed by atoms with Crippen molar-refractivity contribution in [3.05, 3.63) is 0 Å². The van der Waals surface area contributed by atoms with Gasteiger partial charge in [-0.25, -0.2) is 0 Å². The van der Waals surface area contributed by atoms with Crippen LogP contribution in [-0.2, 0) is 9.53 Å². The fraction of sp³-hybridized carbons (Fsp3) is 0.917. The molecule has 0 saturated heterocycles. The van der Waals surface area contributed by atoms with Gasteiger partial charge in [-0.3, -0.25) is 4.79 Å². The first-order chi connectivity index (χ1) is 7.24. The molecule has 3 nitrogen and oxygen atoms in total. The van der Waals surface area contributed by atoms with E-state index in [2.05, 4.69) is 5.32 Å². The molecule has 0 amide bonds. The third kappa shape index (κ3) is 1.78. The van der Waals surface area contributed by atoms with E-state index in [9.17, 15) is 4.79 Å². The van der Waals surface area contributed by atoms with Crippen LogP contribution in [0.15, 0.2) is 0 Å². The maximum Gasteiger partial charge on any atom is 0.326 e. The quantitative estimate of drug-likeness (QED) is 0.722. The minimum Gasteiger partial charge on any atom is -0.468 e. The van der Waals surface area contributed by atoms with Crippen molar-refractivity contribution >= 4 is 5.97 Å². The van der Waals surface area contributed by atoms with Gasteiger partial charge in [-0.2, -0.15) is 0 Å². The summed E-state index contributed by atoms with van der Waals surface area (Å²) in [6.07, 6.45) is 7.61. The molecule has 86 valence electrons. The highest BCUT2D eigenvalue weighted by Gasteiger charge is 2.62. The van der Waals surface area contributed by atoms with Crippen molar-refractivity contribution in [1.29, 1.82) is 0 Å². The number of hydrogen-bond acceptors (Lipinski definition) is 3. The topological polar surface area (TPSA) is 38.3 Å². The summed E-state index contributed by atoms with van der Waals surface area (Å²) >= 11 is 0. The number of carbonyl (C=O) groups excluding carboxylic acids is 1. The number of esters is 1. The van der Waals surface area contributed by atoms with Crippen LogP contribution in [0.1, 0.15) is 38.5 Å². The molecule has 3 heteroatoms. The van der Waals surface area contributed by atoms with Gasteiger partial charge in [0.05, 0.1) is 7.11 Å². The summed E-state index contributed by atoms with van der Waals surface area (Å²) in [6.45, 7) is 0. The zero-order valence-electron chi connectivity index (χ0n) is 9.71. The van der Waals surface area contributed by atoms with Crippen LogP contribution in [0.3, 0.4) is 0 Å². The standard InChI is InChI=1S/C12H21NO2/c1-13-12(11(14)15-2)8-10(12)9-6-4-3-5-7-9/h9-10,13H,3-8H2,1-2H3. The Morgan fingerprint density at radius 2 is 2.00 bits per heavy atom. The van der Waals surface area contributed by atoms with Crippen molar-refractivity contribution < 1.29 is 9.53 Å². The Kier molecular flexibility index (Phi) is 3.01. The first-order valence-corrected chi connectivity index (χ1v) is 6.02. The molecular weight excluding hydrogens is 190 g/mol. The summed E-state index contributed by atoms with van der Waals surface area (Å²) in [5, 5.41) is 3.18. The maximum absolute atomic E-state index is 11.7. The highest BCUT2D eigenvalue weighted by Crippen LogP contribution is 2.52. The number of hydrogen-bond donors (Lipinski definition) is 1. The van der Waals surface area contributed by atoms with E-state index in [1.54, 1.807) is 0 Å². The molecule has 0 spiro atoms. The number of carbonyl (C=O) groups is 1. The van der Waals surface area contributed by atoms with E-state index in [1.165, 1.54) is 39.2 Å². The van der Waals surface area contributed by atoms with Crippen LogP contribution in [0.2, 0.25) is 0 Å². The molecule has 2 aliphatic carbocycles. The molecule has 0 aromatic carbocycles. The van der Waals surface area contributed by atoms with E-state index in [-0.39, 0.29) is 11.5 Å². The van der Waals surface area contributed by atoms with Gasteiger partial charge in [-0.05, 0) is 25.3 Å². The molecule has 2 rings (SSSR count). The predicted octanol–water partition coefficient (Wildman–Crippen LogP) is 1.72. The van der Waals surface area contributed by atoms with E-state index in [0.717, 1.165) is 12.3 Å². The summed E-state index contributed by atoms with van der Waals surface area (Å²) in [4.78, 5) is 11.7. The van der Waals surface area contributed by atoms with Gasteiger partial charge in [0.2, 0.25) is 0 Å². The Labute approximate surface area is 91.6 Å². The van der Waals surface area contributed by atoms with Crippen LogP contribution in [0, 0.1) is 11.8 Å². The largest absolute Gasteiger partial charge is 0.468 e. The average Bonchev–Trinajstić information content (AvgIpc) is 3.05. The van der Waals surface area contributed by atoms with E-state index >= 15 is 0 Å². The number of methoxy groups -OCH3 is 1. The molecule has 0 radical (unpaired) electrons. The lowest BCUT2D eigenvalue weighted by atomic mass is 9.84. The van der Waals surface area contributed by atoms with Crippen molar-refractivity contribution in [2.24, 2.45) is 11.8 Å². The zero-order valence-corrected chi connectivity index (χ0v) is 9.71. The first kappa shape index (κ1) is 10.9. The van der Waals surface area contributed by atoms with Crippen molar-refractivity contribution in [2.45, 2.75) is 44.1 Å². The van der Waals surface area contributed by atoms with Gasteiger partial charge in [0, 0.05) is 0 Å². The van der Waals surface area contributed by atoms with Crippen LogP contribution in [0.4, 0.5) is 0 Å². The lowest BCUT2D eigenvalue weighted by Crippen LogP contribution is -2.41. The van der Waals surface area contributed by atoms with Gasteiger partial charge in [-0.15, -0.1) is 0 Å². The van der Waals surface area contributed by atoms with Gasteiger partial charge >= 0.3 is 5.97 Å². The second-order valence-corrected chi connectivity index (χ2v) is 4.92. The lowest BCUT2D eigenvalue weighted by molar-refractivity contribution is -0.145. The molecule has 0 heterocycles. The van der Waals surface area contributed by atoms with Gasteiger partial charge < -0.3 is 10.1 Å². The molecule has 2 unspecified atom stereocenters. The Morgan fingerprint density at radius 1 is 1.33 bits per heavy atom. The normalized spacial score (nSPS) is 36.3. The van der Waals surface area contributed by atoms with E-state index in [0.29, 0.717) is 5.92 Å². The molecule has 0 aromatic rings. The van der Waals surface area contributed by atoms with Crippen molar-refractivity contribution in [1.82, 2.24) is 5.32 Å². The first-order valence-electron chi connectivity index (χ1n) is 6.02. The molecular formula is C12H21NO2. The van der Waals surface area contributed by atoms with Gasteiger partial charge in [0.1, 0.15) is 5.54 Å². The summed E-state index contributed by atoms with van der Waals surface area (Å²) in [5.74, 6) is 1.20. The van der Waals surface area contributed by atoms with Crippen LogP contribution < -0.4 is 5.32 Å². The van der Waals surface area contributed by atoms with Crippen molar-refractivity contribution in [3.63, 3.8) is 0 Å². The highest BCUT2D eigenvalue weighted by atomic mass is 16.5. The molecule has 2 atom stereocenters. The Balaban J connectivity index is 1.98. The molecule has 1 N–H and O–H groups in total. The van der Waals surface area contributed by atoms with Gasteiger partial charge in [0.25, 0.3) is 0 Å². The minimum atomic E-state index is -0.337. The molecule has 0 bridgehead atoms. The van der Waals surface area contributed by atoms with Crippen molar-refractivity contribution in [2.75, 3.05) is 14.2 Å². The minimum absolute atomic E-state index is 0.0689. The summed E-state index contributed by atoms with van der Waals surface area (Å²) < 4.78 is 4.89. The molecule has 0 aliphatic heterocycles. The lowest BCUT2D eigenvalue weighted by Gasteiger charge is -2.24. The summed E-state index contributed by atoms with van der Waals surface area (Å²) in [5.41, 5.74) is -0.337. The van der Waals surface area contributed by atoms with Gasteiger partial charge in [0.15, 0.2) is 0 Å². The number of rotatable bonds is 3. The zero-order chi connectivity index (χ0) is 10.9. The maximum atomic E-state index is 11.7. The fourth-order valence-corrected chi connectivity index (χ4v) is 3.20. The predicted molar refractivity (Wildman–Crippen MR) is 58.5 cm³/mol. The molecule has 2 fully saturated rings. The Bertz CT molecular complexity index is 248. The van der Waals surface area contributed by atoms with Crippen molar-refractivity contribution in [3.8, 4) is 0 Å². The second kappa shape index (κ2) is 4.12. The number of nitrogens with one attached hydrogen (secondary N) is 1. The number of likely N-dealkylation sites (N-methyl/N-ethyl adjacent to an activating group) is 1. The monoisotopic (exact) mass is 211 g/mol. The molecule has 2 saturated carbocycles. The molecule has 15 heavy (non-hydrogen) atoms. The van der Waals surface area contributed by atoms with Crippen LogP contribution in [-0.4, -0.2) is 25.7 Å².